The molecule has 0 fully saturated rings. The third-order valence-corrected chi connectivity index (χ3v) is 2.03. The van der Waals surface area contributed by atoms with Gasteiger partial charge in [0.1, 0.15) is 17.4 Å². The van der Waals surface area contributed by atoms with Gasteiger partial charge < -0.3 is 9.84 Å². The maximum Gasteiger partial charge on any atom is 0.337 e. The monoisotopic (exact) mass is 233 g/mol. The zero-order chi connectivity index (χ0) is 13.1. The lowest BCUT2D eigenvalue weighted by Crippen LogP contribution is -2.17. The molecular formula is C13H15NO3. The standard InChI is InChI=1S/C13H15NO3/c1-13(2,3)8-17-11-6-4-5-9(12(15)16)10(11)7-14/h4-6H,8H2,1-3H3,(H,15,16). The van der Waals surface area contributed by atoms with E-state index in [1.165, 1.54) is 6.07 Å². The van der Waals surface area contributed by atoms with Crippen LogP contribution in [0.5, 0.6) is 5.75 Å². The predicted octanol–water partition coefficient (Wildman–Crippen LogP) is 2.68. The molecule has 0 radical (unpaired) electrons. The lowest BCUT2D eigenvalue weighted by molar-refractivity contribution is 0.0696. The number of nitrogens with zero attached hydrogens (tertiary/aromatic N) is 1. The van der Waals surface area contributed by atoms with Crippen LogP contribution in [0.25, 0.3) is 0 Å². The maximum absolute atomic E-state index is 10.9. The molecule has 0 unspecified atom stereocenters. The van der Waals surface area contributed by atoms with Crippen LogP contribution in [0.15, 0.2) is 18.2 Å². The van der Waals surface area contributed by atoms with Crippen molar-refractivity contribution in [3.63, 3.8) is 0 Å². The molecule has 0 aromatic heterocycles. The van der Waals surface area contributed by atoms with Crippen LogP contribution < -0.4 is 4.74 Å². The third-order valence-electron chi connectivity index (χ3n) is 2.03. The van der Waals surface area contributed by atoms with E-state index in [0.29, 0.717) is 12.4 Å². The lowest BCUT2D eigenvalue weighted by atomic mass is 9.98. The highest BCUT2D eigenvalue weighted by Crippen LogP contribution is 2.24. The number of benzene rings is 1. The van der Waals surface area contributed by atoms with Crippen molar-refractivity contribution in [3.8, 4) is 11.8 Å². The van der Waals surface area contributed by atoms with E-state index < -0.39 is 5.97 Å². The Balaban J connectivity index is 3.05. The molecule has 1 aromatic carbocycles. The number of hydrogen-bond donors (Lipinski definition) is 1. The van der Waals surface area contributed by atoms with E-state index in [0.717, 1.165) is 0 Å². The molecule has 0 aliphatic carbocycles. The highest BCUT2D eigenvalue weighted by atomic mass is 16.5. The zero-order valence-electron chi connectivity index (χ0n) is 10.2. The van der Waals surface area contributed by atoms with Crippen LogP contribution in [0, 0.1) is 16.7 Å². The van der Waals surface area contributed by atoms with E-state index in [1.54, 1.807) is 12.1 Å². The van der Waals surface area contributed by atoms with Gasteiger partial charge in [0.25, 0.3) is 0 Å². The minimum absolute atomic E-state index is 0.0288. The normalized spacial score (nSPS) is 10.7. The van der Waals surface area contributed by atoms with Crippen molar-refractivity contribution in [1.82, 2.24) is 0 Å². The molecule has 1 aromatic rings. The summed E-state index contributed by atoms with van der Waals surface area (Å²) >= 11 is 0. The van der Waals surface area contributed by atoms with Gasteiger partial charge >= 0.3 is 5.97 Å². The van der Waals surface area contributed by atoms with Crippen LogP contribution in [0.1, 0.15) is 36.7 Å². The molecule has 0 spiro atoms. The first kappa shape index (κ1) is 13.0. The average molecular weight is 233 g/mol. The fourth-order valence-corrected chi connectivity index (χ4v) is 1.24. The van der Waals surface area contributed by atoms with E-state index in [2.05, 4.69) is 0 Å². The Morgan fingerprint density at radius 3 is 2.59 bits per heavy atom. The van der Waals surface area contributed by atoms with Crippen molar-refractivity contribution >= 4 is 5.97 Å². The fraction of sp³-hybridized carbons (Fsp3) is 0.385. The number of hydrogen-bond acceptors (Lipinski definition) is 3. The first-order valence-corrected chi connectivity index (χ1v) is 5.24. The highest BCUT2D eigenvalue weighted by molar-refractivity contribution is 5.91. The lowest BCUT2D eigenvalue weighted by Gasteiger charge is -2.19. The minimum atomic E-state index is -1.12. The summed E-state index contributed by atoms with van der Waals surface area (Å²) < 4.78 is 5.50. The summed E-state index contributed by atoms with van der Waals surface area (Å²) in [4.78, 5) is 10.9. The van der Waals surface area contributed by atoms with Gasteiger partial charge in [0.15, 0.2) is 0 Å². The molecule has 0 heterocycles. The summed E-state index contributed by atoms with van der Waals surface area (Å²) in [7, 11) is 0. The average Bonchev–Trinajstić information content (AvgIpc) is 2.24. The summed E-state index contributed by atoms with van der Waals surface area (Å²) in [6.07, 6.45) is 0. The van der Waals surface area contributed by atoms with Gasteiger partial charge in [-0.2, -0.15) is 5.26 Å². The Labute approximate surface area is 100 Å². The van der Waals surface area contributed by atoms with Crippen molar-refractivity contribution < 1.29 is 14.6 Å². The number of aromatic carboxylic acids is 1. The molecule has 0 amide bonds. The second-order valence-electron chi connectivity index (χ2n) is 4.95. The van der Waals surface area contributed by atoms with E-state index in [-0.39, 0.29) is 16.5 Å². The summed E-state index contributed by atoms with van der Waals surface area (Å²) in [6, 6.07) is 6.45. The molecule has 0 aliphatic rings. The van der Waals surface area contributed by atoms with Crippen LogP contribution in [-0.4, -0.2) is 17.7 Å². The van der Waals surface area contributed by atoms with Gasteiger partial charge in [0, 0.05) is 0 Å². The Kier molecular flexibility index (Phi) is 3.74. The van der Waals surface area contributed by atoms with Gasteiger partial charge in [0.05, 0.1) is 12.2 Å². The Morgan fingerprint density at radius 1 is 1.47 bits per heavy atom. The van der Waals surface area contributed by atoms with E-state index >= 15 is 0 Å². The SMILES string of the molecule is CC(C)(C)COc1cccc(C(=O)O)c1C#N. The molecule has 90 valence electrons. The second-order valence-corrected chi connectivity index (χ2v) is 4.95. The molecule has 4 heteroatoms. The van der Waals surface area contributed by atoms with Gasteiger partial charge in [-0.3, -0.25) is 0 Å². The number of nitriles is 1. The molecular weight excluding hydrogens is 218 g/mol. The molecule has 0 saturated heterocycles. The topological polar surface area (TPSA) is 70.3 Å². The van der Waals surface area contributed by atoms with Crippen LogP contribution in [0.4, 0.5) is 0 Å². The number of ether oxygens (including phenoxy) is 1. The second kappa shape index (κ2) is 4.88. The predicted molar refractivity (Wildman–Crippen MR) is 63.1 cm³/mol. The summed E-state index contributed by atoms with van der Waals surface area (Å²) in [5.74, 6) is -0.801. The Hall–Kier alpha value is -2.02. The number of rotatable bonds is 3. The Morgan fingerprint density at radius 2 is 2.12 bits per heavy atom. The van der Waals surface area contributed by atoms with Crippen LogP contribution in [0.2, 0.25) is 0 Å². The van der Waals surface area contributed by atoms with Gasteiger partial charge in [-0.1, -0.05) is 26.8 Å². The summed E-state index contributed by atoms with van der Waals surface area (Å²) in [5.41, 5.74) is -0.00506. The molecule has 1 rings (SSSR count). The largest absolute Gasteiger partial charge is 0.492 e. The van der Waals surface area contributed by atoms with Gasteiger partial charge in [-0.15, -0.1) is 0 Å². The minimum Gasteiger partial charge on any atom is -0.492 e. The van der Waals surface area contributed by atoms with Crippen molar-refractivity contribution in [3.05, 3.63) is 29.3 Å². The summed E-state index contributed by atoms with van der Waals surface area (Å²) in [6.45, 7) is 6.42. The van der Waals surface area contributed by atoms with Gasteiger partial charge in [0.2, 0.25) is 0 Å². The van der Waals surface area contributed by atoms with Crippen molar-refractivity contribution in [1.29, 1.82) is 5.26 Å². The van der Waals surface area contributed by atoms with Crippen LogP contribution >= 0.6 is 0 Å². The van der Waals surface area contributed by atoms with E-state index in [9.17, 15) is 4.79 Å². The fourth-order valence-electron chi connectivity index (χ4n) is 1.24. The third kappa shape index (κ3) is 3.49. The molecule has 4 nitrogen and oxygen atoms in total. The smallest absolute Gasteiger partial charge is 0.337 e. The first-order chi connectivity index (χ1) is 7.85. The van der Waals surface area contributed by atoms with E-state index in [4.69, 9.17) is 15.1 Å². The van der Waals surface area contributed by atoms with Crippen LogP contribution in [0.3, 0.4) is 0 Å². The number of carboxylic acids is 1. The summed E-state index contributed by atoms with van der Waals surface area (Å²) in [5, 5.41) is 17.9. The zero-order valence-corrected chi connectivity index (χ0v) is 10.2. The van der Waals surface area contributed by atoms with Crippen LogP contribution in [-0.2, 0) is 0 Å². The maximum atomic E-state index is 10.9. The molecule has 0 aliphatic heterocycles. The number of carbonyl (C=O) groups is 1. The molecule has 17 heavy (non-hydrogen) atoms. The highest BCUT2D eigenvalue weighted by Gasteiger charge is 2.17. The van der Waals surface area contributed by atoms with E-state index in [1.807, 2.05) is 26.8 Å². The number of carboxylic acid groups (broad SMARTS) is 1. The molecule has 0 saturated carbocycles. The van der Waals surface area contributed by atoms with Crippen molar-refractivity contribution in [2.75, 3.05) is 6.61 Å². The molecule has 0 bridgehead atoms. The van der Waals surface area contributed by atoms with Crippen molar-refractivity contribution in [2.45, 2.75) is 20.8 Å². The van der Waals surface area contributed by atoms with Gasteiger partial charge in [-0.05, 0) is 17.5 Å². The molecule has 0 atom stereocenters. The quantitative estimate of drug-likeness (QED) is 0.871. The molecule has 1 N–H and O–H groups in total. The Bertz CT molecular complexity index is 467. The first-order valence-electron chi connectivity index (χ1n) is 5.24. The van der Waals surface area contributed by atoms with Crippen molar-refractivity contribution in [2.24, 2.45) is 5.41 Å². The van der Waals surface area contributed by atoms with Gasteiger partial charge in [-0.25, -0.2) is 4.79 Å².